The number of nitrogens with one attached hydrogen (secondary N) is 1. The molecule has 0 saturated carbocycles. The molecule has 0 radical (unpaired) electrons. The third-order valence-electron chi connectivity index (χ3n) is 4.16. The average molecular weight is 490 g/mol. The first-order valence-electron chi connectivity index (χ1n) is 8.42. The van der Waals surface area contributed by atoms with E-state index >= 15 is 0 Å². The fourth-order valence-corrected chi connectivity index (χ4v) is 4.93. The fraction of sp³-hybridized carbons (Fsp3) is 0.111. The number of aromatic hydroxyl groups is 1. The molecule has 13 heteroatoms. The first-order valence-corrected chi connectivity index (χ1v) is 11.2. The van der Waals surface area contributed by atoms with Crippen LogP contribution >= 0.6 is 22.9 Å². The van der Waals surface area contributed by atoms with Crippen LogP contribution < -0.4 is 9.62 Å². The number of carboxylic acid groups (broad SMARTS) is 1. The number of hydrogen-bond acceptors (Lipinski definition) is 7. The number of thiazole rings is 1. The van der Waals surface area contributed by atoms with Crippen LogP contribution in [0.3, 0.4) is 0 Å². The van der Waals surface area contributed by atoms with Gasteiger partial charge in [0.05, 0.1) is 22.3 Å². The number of nitrogens with zero attached hydrogens (tertiary/aromatic N) is 2. The van der Waals surface area contributed by atoms with Crippen molar-refractivity contribution < 1.29 is 32.2 Å². The van der Waals surface area contributed by atoms with Crippen molar-refractivity contribution in [3.8, 4) is 5.75 Å². The Morgan fingerprint density at radius 2 is 1.97 bits per heavy atom. The Morgan fingerprint density at radius 3 is 2.58 bits per heavy atom. The summed E-state index contributed by atoms with van der Waals surface area (Å²) in [4.78, 5) is 14.2. The van der Waals surface area contributed by atoms with E-state index in [1.165, 1.54) is 23.9 Å². The molecule has 1 heterocycles. The number of sulfonamides is 1. The number of benzene rings is 2. The molecular formula is C18H14ClF2N3O5S2. The highest BCUT2D eigenvalue weighted by molar-refractivity contribution is 7.93. The van der Waals surface area contributed by atoms with E-state index in [0.29, 0.717) is 0 Å². The van der Waals surface area contributed by atoms with Crippen LogP contribution in [0.4, 0.5) is 25.1 Å². The summed E-state index contributed by atoms with van der Waals surface area (Å²) in [7, 11) is -4.89. The molecule has 0 bridgehead atoms. The lowest BCUT2D eigenvalue weighted by atomic mass is 10.1. The Morgan fingerprint density at radius 1 is 1.26 bits per heavy atom. The molecule has 0 saturated heterocycles. The van der Waals surface area contributed by atoms with Crippen molar-refractivity contribution >= 4 is 50.6 Å². The van der Waals surface area contributed by atoms with Gasteiger partial charge < -0.3 is 15.5 Å². The van der Waals surface area contributed by atoms with Gasteiger partial charge in [0.1, 0.15) is 22.3 Å². The summed E-state index contributed by atoms with van der Waals surface area (Å²) in [6, 6.07) is 4.12. The van der Waals surface area contributed by atoms with Crippen LogP contribution in [0.15, 0.2) is 46.1 Å². The average Bonchev–Trinajstić information content (AvgIpc) is 3.19. The molecule has 0 spiro atoms. The number of hydrogen-bond donors (Lipinski definition) is 3. The summed E-state index contributed by atoms with van der Waals surface area (Å²) in [5.74, 6) is -2.51. The van der Waals surface area contributed by atoms with E-state index in [1.54, 1.807) is 0 Å². The molecule has 31 heavy (non-hydrogen) atoms. The number of amides is 1. The highest BCUT2D eigenvalue weighted by Crippen LogP contribution is 2.34. The second kappa shape index (κ2) is 8.65. The summed E-state index contributed by atoms with van der Waals surface area (Å²) in [6.45, 7) is 1.52. The molecule has 1 amide bonds. The smallest absolute Gasteiger partial charge is 0.427 e. The van der Waals surface area contributed by atoms with Gasteiger partial charge in [-0.1, -0.05) is 11.6 Å². The molecule has 3 N–H and O–H groups in total. The zero-order valence-corrected chi connectivity index (χ0v) is 18.0. The largest absolute Gasteiger partial charge is 0.508 e. The normalized spacial score (nSPS) is 12.4. The predicted molar refractivity (Wildman–Crippen MR) is 111 cm³/mol. The van der Waals surface area contributed by atoms with E-state index < -0.39 is 44.5 Å². The molecule has 164 valence electrons. The zero-order valence-electron chi connectivity index (χ0n) is 15.6. The van der Waals surface area contributed by atoms with Crippen LogP contribution in [-0.2, 0) is 10.0 Å². The maximum absolute atomic E-state index is 14.8. The van der Waals surface area contributed by atoms with E-state index in [2.05, 4.69) is 10.3 Å². The van der Waals surface area contributed by atoms with E-state index in [0.717, 1.165) is 35.6 Å². The van der Waals surface area contributed by atoms with Gasteiger partial charge in [0.25, 0.3) is 10.0 Å². The molecule has 0 aliphatic heterocycles. The van der Waals surface area contributed by atoms with Crippen LogP contribution in [-0.4, -0.2) is 29.7 Å². The summed E-state index contributed by atoms with van der Waals surface area (Å²) in [6.07, 6.45) is -1.88. The molecule has 0 unspecified atom stereocenters. The molecule has 3 aromatic rings. The lowest BCUT2D eigenvalue weighted by Crippen LogP contribution is -2.36. The van der Waals surface area contributed by atoms with Gasteiger partial charge >= 0.3 is 6.09 Å². The SMILES string of the molecule is C[C@H](Nc1cc(F)c(S(=O)(=O)N(C(=O)O)c2cscn2)cc1Cl)c1cc(O)ccc1F. The lowest BCUT2D eigenvalue weighted by Gasteiger charge is -2.20. The van der Waals surface area contributed by atoms with Crippen LogP contribution in [0, 0.1) is 11.6 Å². The van der Waals surface area contributed by atoms with E-state index in [1.807, 2.05) is 0 Å². The molecule has 1 aromatic heterocycles. The number of carbonyl (C=O) groups is 1. The van der Waals surface area contributed by atoms with Crippen molar-refractivity contribution in [1.82, 2.24) is 4.98 Å². The lowest BCUT2D eigenvalue weighted by molar-refractivity contribution is 0.206. The molecule has 0 aliphatic rings. The Balaban J connectivity index is 1.98. The Bertz CT molecular complexity index is 1240. The maximum Gasteiger partial charge on any atom is 0.427 e. The van der Waals surface area contributed by atoms with Gasteiger partial charge in [-0.2, -0.15) is 0 Å². The number of halogens is 3. The van der Waals surface area contributed by atoms with Crippen LogP contribution in [0.2, 0.25) is 5.02 Å². The molecule has 8 nitrogen and oxygen atoms in total. The molecule has 3 rings (SSSR count). The quantitative estimate of drug-likeness (QED) is 0.453. The zero-order chi connectivity index (χ0) is 22.9. The highest BCUT2D eigenvalue weighted by Gasteiger charge is 2.35. The van der Waals surface area contributed by atoms with Gasteiger partial charge in [-0.15, -0.1) is 15.6 Å². The molecule has 2 aromatic carbocycles. The van der Waals surface area contributed by atoms with Gasteiger partial charge in [0, 0.05) is 10.9 Å². The van der Waals surface area contributed by atoms with Crippen molar-refractivity contribution in [1.29, 1.82) is 0 Å². The molecule has 0 fully saturated rings. The summed E-state index contributed by atoms with van der Waals surface area (Å²) in [5, 5.41) is 22.5. The van der Waals surface area contributed by atoms with Crippen molar-refractivity contribution in [2.45, 2.75) is 17.9 Å². The topological polar surface area (TPSA) is 120 Å². The summed E-state index contributed by atoms with van der Waals surface area (Å²) < 4.78 is 54.3. The summed E-state index contributed by atoms with van der Waals surface area (Å²) in [5.41, 5.74) is 1.22. The summed E-state index contributed by atoms with van der Waals surface area (Å²) >= 11 is 7.06. The van der Waals surface area contributed by atoms with Gasteiger partial charge in [-0.3, -0.25) is 0 Å². The minimum Gasteiger partial charge on any atom is -0.508 e. The maximum atomic E-state index is 14.8. The van der Waals surface area contributed by atoms with Crippen LogP contribution in [0.1, 0.15) is 18.5 Å². The number of anilines is 2. The second-order valence-corrected chi connectivity index (χ2v) is 9.11. The molecule has 1 atom stereocenters. The first kappa shape index (κ1) is 22.7. The highest BCUT2D eigenvalue weighted by atomic mass is 35.5. The van der Waals surface area contributed by atoms with E-state index in [-0.39, 0.29) is 26.3 Å². The Hall–Kier alpha value is -2.96. The Labute approximate surface area is 184 Å². The second-order valence-electron chi connectivity index (χ2n) is 6.23. The first-order chi connectivity index (χ1) is 14.5. The van der Waals surface area contributed by atoms with Crippen LogP contribution in [0.5, 0.6) is 5.75 Å². The Kier molecular flexibility index (Phi) is 6.34. The number of rotatable bonds is 6. The minimum absolute atomic E-state index is 0.0594. The van der Waals surface area contributed by atoms with E-state index in [4.69, 9.17) is 11.6 Å². The van der Waals surface area contributed by atoms with Gasteiger partial charge in [-0.05, 0) is 37.3 Å². The number of phenolic OH excluding ortho intramolecular Hbond substituents is 1. The van der Waals surface area contributed by atoms with Crippen LogP contribution in [0.25, 0.3) is 0 Å². The van der Waals surface area contributed by atoms with Gasteiger partial charge in [0.2, 0.25) is 0 Å². The van der Waals surface area contributed by atoms with Crippen molar-refractivity contribution in [2.75, 3.05) is 9.62 Å². The molecule has 0 aliphatic carbocycles. The predicted octanol–water partition coefficient (Wildman–Crippen LogP) is 4.83. The number of phenols is 1. The standard InChI is InChI=1S/C18H14ClF2N3O5S2/c1-9(11-4-10(25)2-3-13(11)20)23-15-6-14(21)16(5-12(15)19)31(28,29)24(18(26)27)17-7-30-8-22-17/h2-9,23,25H,1H3,(H,26,27)/t9-/m0/s1. The monoisotopic (exact) mass is 489 g/mol. The van der Waals surface area contributed by atoms with Crippen molar-refractivity contribution in [3.05, 3.63) is 63.4 Å². The van der Waals surface area contributed by atoms with Crippen molar-refractivity contribution in [3.63, 3.8) is 0 Å². The fourth-order valence-electron chi connectivity index (χ4n) is 2.74. The van der Waals surface area contributed by atoms with E-state index in [9.17, 15) is 32.2 Å². The number of aromatic nitrogens is 1. The third-order valence-corrected chi connectivity index (χ3v) is 6.74. The van der Waals surface area contributed by atoms with Gasteiger partial charge in [-0.25, -0.2) is 27.0 Å². The third kappa shape index (κ3) is 4.55. The van der Waals surface area contributed by atoms with Crippen molar-refractivity contribution in [2.24, 2.45) is 0 Å². The molecular weight excluding hydrogens is 476 g/mol. The minimum atomic E-state index is -4.89. The van der Waals surface area contributed by atoms with Gasteiger partial charge in [0.15, 0.2) is 5.82 Å².